The third-order valence-corrected chi connectivity index (χ3v) is 2.33. The van der Waals surface area contributed by atoms with Gasteiger partial charge in [-0.2, -0.15) is 0 Å². The summed E-state index contributed by atoms with van der Waals surface area (Å²) in [6, 6.07) is 8.82. The third-order valence-electron chi connectivity index (χ3n) is 2.33. The van der Waals surface area contributed by atoms with Crippen LogP contribution >= 0.6 is 0 Å². The maximum atomic E-state index is 11.4. The van der Waals surface area contributed by atoms with Crippen molar-refractivity contribution in [3.05, 3.63) is 30.3 Å². The van der Waals surface area contributed by atoms with Crippen LogP contribution in [0.1, 0.15) is 12.8 Å². The van der Waals surface area contributed by atoms with Crippen molar-refractivity contribution in [2.45, 2.75) is 25.2 Å². The molecule has 0 bridgehead atoms. The summed E-state index contributed by atoms with van der Waals surface area (Å²) in [5, 5.41) is 34.2. The highest BCUT2D eigenvalue weighted by molar-refractivity contribution is 5.76. The van der Waals surface area contributed by atoms with E-state index in [4.69, 9.17) is 14.9 Å². The first-order valence-corrected chi connectivity index (χ1v) is 6.20. The molecule has 0 radical (unpaired) electrons. The summed E-state index contributed by atoms with van der Waals surface area (Å²) in [4.78, 5) is 11.4. The second-order valence-electron chi connectivity index (χ2n) is 4.09. The first kappa shape index (κ1) is 16.4. The molecule has 1 aromatic carbocycles. The smallest absolute Gasteiger partial charge is 0.264 e. The van der Waals surface area contributed by atoms with Gasteiger partial charge in [0.15, 0.2) is 6.29 Å². The number of rotatable bonds is 8. The Morgan fingerprint density at radius 3 is 2.60 bits per heavy atom. The number of aliphatic hydroxyl groups excluding tert-OH is 3. The van der Waals surface area contributed by atoms with Gasteiger partial charge in [0.05, 0.1) is 18.9 Å². The molecule has 0 saturated heterocycles. The van der Waals surface area contributed by atoms with Gasteiger partial charge in [0.1, 0.15) is 6.10 Å². The van der Waals surface area contributed by atoms with E-state index in [2.05, 4.69) is 10.2 Å². The normalized spacial score (nSPS) is 14.3. The van der Waals surface area contributed by atoms with Crippen molar-refractivity contribution in [2.75, 3.05) is 13.2 Å². The van der Waals surface area contributed by atoms with E-state index < -0.39 is 24.9 Å². The minimum absolute atomic E-state index is 0.0211. The molecule has 110 valence electrons. The number of nitrogens with zero attached hydrogens (tertiary/aromatic N) is 2. The van der Waals surface area contributed by atoms with E-state index in [1.54, 1.807) is 24.3 Å². The molecule has 0 spiro atoms. The number of carbonyl (C=O) groups is 1. The van der Waals surface area contributed by atoms with Crippen molar-refractivity contribution in [1.82, 2.24) is 0 Å². The summed E-state index contributed by atoms with van der Waals surface area (Å²) in [6.07, 6.45) is -2.21. The van der Waals surface area contributed by atoms with Crippen LogP contribution in [0.5, 0.6) is 0 Å². The number of azo groups is 1. The van der Waals surface area contributed by atoms with Gasteiger partial charge < -0.3 is 20.1 Å². The predicted octanol–water partition coefficient (Wildman–Crippen LogP) is 0.765. The van der Waals surface area contributed by atoms with E-state index in [0.29, 0.717) is 5.69 Å². The fourth-order valence-corrected chi connectivity index (χ4v) is 1.26. The molecule has 0 aliphatic heterocycles. The molecule has 0 aromatic heterocycles. The van der Waals surface area contributed by atoms with Crippen LogP contribution in [0.25, 0.3) is 0 Å². The van der Waals surface area contributed by atoms with Crippen LogP contribution in [0.15, 0.2) is 40.6 Å². The zero-order valence-electron chi connectivity index (χ0n) is 10.9. The largest absolute Gasteiger partial charge is 0.394 e. The van der Waals surface area contributed by atoms with E-state index in [0.717, 1.165) is 0 Å². The van der Waals surface area contributed by atoms with Gasteiger partial charge in [-0.3, -0.25) is 4.79 Å². The second kappa shape index (κ2) is 9.27. The summed E-state index contributed by atoms with van der Waals surface area (Å²) in [5.41, 5.74) is 0.573. The van der Waals surface area contributed by atoms with Gasteiger partial charge in [-0.15, -0.1) is 10.2 Å². The first-order chi connectivity index (χ1) is 9.61. The molecule has 0 fully saturated rings. The fourth-order valence-electron chi connectivity index (χ4n) is 1.26. The average molecular weight is 282 g/mol. The van der Waals surface area contributed by atoms with Gasteiger partial charge in [0, 0.05) is 12.8 Å². The van der Waals surface area contributed by atoms with Crippen LogP contribution in [0, 0.1) is 0 Å². The maximum Gasteiger partial charge on any atom is 0.264 e. The molecule has 7 nitrogen and oxygen atoms in total. The number of ether oxygens (including phenoxy) is 1. The highest BCUT2D eigenvalue weighted by Crippen LogP contribution is 2.11. The van der Waals surface area contributed by atoms with Gasteiger partial charge in [0.2, 0.25) is 0 Å². The molecule has 1 aromatic rings. The van der Waals surface area contributed by atoms with Gasteiger partial charge in [0.25, 0.3) is 5.91 Å². The maximum absolute atomic E-state index is 11.4. The van der Waals surface area contributed by atoms with Crippen molar-refractivity contribution < 1.29 is 24.9 Å². The predicted molar refractivity (Wildman–Crippen MR) is 70.3 cm³/mol. The Bertz CT molecular complexity index is 424. The lowest BCUT2D eigenvalue weighted by atomic mass is 10.3. The molecular formula is C13H18N2O5. The molecule has 7 heteroatoms. The van der Waals surface area contributed by atoms with Crippen molar-refractivity contribution in [3.63, 3.8) is 0 Å². The van der Waals surface area contributed by atoms with Crippen molar-refractivity contribution in [1.29, 1.82) is 0 Å². The Morgan fingerprint density at radius 1 is 1.25 bits per heavy atom. The number of hydrogen-bond acceptors (Lipinski definition) is 6. The van der Waals surface area contributed by atoms with E-state index in [-0.39, 0.29) is 19.4 Å². The van der Waals surface area contributed by atoms with Gasteiger partial charge in [-0.1, -0.05) is 18.2 Å². The standard InChI is InChI=1S/C13H18N2O5/c16-8-11(17)9-20-13(19)7-6-12(18)15-14-10-4-2-1-3-5-10/h1-5,11,13,16-17,19H,6-9H2/b15-14+. The number of aliphatic hydroxyl groups is 3. The van der Waals surface area contributed by atoms with Gasteiger partial charge in [-0.25, -0.2) is 0 Å². The summed E-state index contributed by atoms with van der Waals surface area (Å²) in [5.74, 6) is -0.473. The lowest BCUT2D eigenvalue weighted by molar-refractivity contribution is -0.136. The molecule has 0 heterocycles. The molecule has 0 aliphatic carbocycles. The molecule has 2 atom stereocenters. The van der Waals surface area contributed by atoms with E-state index in [9.17, 15) is 9.90 Å². The quantitative estimate of drug-likeness (QED) is 0.481. The molecule has 2 unspecified atom stereocenters. The number of hydrogen-bond donors (Lipinski definition) is 3. The topological polar surface area (TPSA) is 112 Å². The minimum atomic E-state index is -1.19. The van der Waals surface area contributed by atoms with Crippen molar-refractivity contribution in [2.24, 2.45) is 10.2 Å². The van der Waals surface area contributed by atoms with Gasteiger partial charge >= 0.3 is 0 Å². The second-order valence-corrected chi connectivity index (χ2v) is 4.09. The zero-order valence-corrected chi connectivity index (χ0v) is 10.9. The molecule has 20 heavy (non-hydrogen) atoms. The average Bonchev–Trinajstić information content (AvgIpc) is 2.49. The molecule has 0 saturated carbocycles. The van der Waals surface area contributed by atoms with Crippen LogP contribution < -0.4 is 0 Å². The Morgan fingerprint density at radius 2 is 1.95 bits per heavy atom. The van der Waals surface area contributed by atoms with Crippen molar-refractivity contribution in [3.8, 4) is 0 Å². The van der Waals surface area contributed by atoms with E-state index >= 15 is 0 Å². The lowest BCUT2D eigenvalue weighted by Crippen LogP contribution is -2.24. The summed E-state index contributed by atoms with van der Waals surface area (Å²) in [7, 11) is 0. The zero-order chi connectivity index (χ0) is 14.8. The van der Waals surface area contributed by atoms with Crippen LogP contribution in [-0.4, -0.2) is 46.8 Å². The Hall–Kier alpha value is -1.67. The highest BCUT2D eigenvalue weighted by atomic mass is 16.6. The fraction of sp³-hybridized carbons (Fsp3) is 0.462. The first-order valence-electron chi connectivity index (χ1n) is 6.20. The van der Waals surface area contributed by atoms with Crippen molar-refractivity contribution >= 4 is 11.6 Å². The van der Waals surface area contributed by atoms with Crippen LogP contribution in [-0.2, 0) is 9.53 Å². The third kappa shape index (κ3) is 7.05. The molecule has 0 aliphatic rings. The number of carbonyl (C=O) groups excluding carboxylic acids is 1. The number of benzene rings is 1. The Labute approximate surface area is 116 Å². The molecule has 1 amide bonds. The highest BCUT2D eigenvalue weighted by Gasteiger charge is 2.10. The number of amides is 1. The molecule has 1 rings (SSSR count). The summed E-state index contributed by atoms with van der Waals surface area (Å²) in [6.45, 7) is -0.645. The lowest BCUT2D eigenvalue weighted by Gasteiger charge is -2.13. The van der Waals surface area contributed by atoms with Crippen LogP contribution in [0.3, 0.4) is 0 Å². The van der Waals surface area contributed by atoms with Crippen LogP contribution in [0.4, 0.5) is 5.69 Å². The Kier molecular flexibility index (Phi) is 7.59. The monoisotopic (exact) mass is 282 g/mol. The molecule has 3 N–H and O–H groups in total. The van der Waals surface area contributed by atoms with E-state index in [1.807, 2.05) is 6.07 Å². The van der Waals surface area contributed by atoms with Gasteiger partial charge in [-0.05, 0) is 12.1 Å². The molecular weight excluding hydrogens is 264 g/mol. The SMILES string of the molecule is O=C(CCC(O)OCC(O)CO)/N=N/c1ccccc1. The Balaban J connectivity index is 2.24. The van der Waals surface area contributed by atoms with Crippen LogP contribution in [0.2, 0.25) is 0 Å². The minimum Gasteiger partial charge on any atom is -0.394 e. The van der Waals surface area contributed by atoms with E-state index in [1.165, 1.54) is 0 Å². The summed E-state index contributed by atoms with van der Waals surface area (Å²) >= 11 is 0. The summed E-state index contributed by atoms with van der Waals surface area (Å²) < 4.78 is 4.83.